The Bertz CT molecular complexity index is 861. The first-order chi connectivity index (χ1) is 15.1. The Morgan fingerprint density at radius 3 is 2.06 bits per heavy atom. The van der Waals surface area contributed by atoms with E-state index in [1.165, 1.54) is 24.3 Å². The zero-order chi connectivity index (χ0) is 21.6. The van der Waals surface area contributed by atoms with Crippen LogP contribution in [-0.4, -0.2) is 74.8 Å². The lowest BCUT2D eigenvalue weighted by atomic mass is 10.0. The van der Waals surface area contributed by atoms with E-state index in [1.807, 2.05) is 12.1 Å². The summed E-state index contributed by atoms with van der Waals surface area (Å²) in [5.74, 6) is 0.0559. The number of halogens is 2. The first-order valence-corrected chi connectivity index (χ1v) is 10.7. The van der Waals surface area contributed by atoms with Gasteiger partial charge in [-0.25, -0.2) is 8.78 Å². The van der Waals surface area contributed by atoms with Gasteiger partial charge in [0.1, 0.15) is 11.6 Å². The highest BCUT2D eigenvalue weighted by molar-refractivity contribution is 5.78. The van der Waals surface area contributed by atoms with Crippen molar-refractivity contribution in [3.05, 3.63) is 65.7 Å². The molecule has 2 aromatic carbocycles. The molecule has 31 heavy (non-hydrogen) atoms. The SMILES string of the molecule is NC(=NCC(c1ccc(F)cc1)N1CCOCC1)N1CCN(c2ccc(F)cc2)CC1. The van der Waals surface area contributed by atoms with Crippen LogP contribution in [0.4, 0.5) is 14.5 Å². The molecular weight excluding hydrogens is 400 g/mol. The number of nitrogens with zero attached hydrogens (tertiary/aromatic N) is 4. The van der Waals surface area contributed by atoms with Crippen LogP contribution in [0.1, 0.15) is 11.6 Å². The van der Waals surface area contributed by atoms with E-state index in [9.17, 15) is 8.78 Å². The number of anilines is 1. The van der Waals surface area contributed by atoms with Crippen LogP contribution in [0, 0.1) is 11.6 Å². The second-order valence-corrected chi connectivity index (χ2v) is 7.87. The van der Waals surface area contributed by atoms with E-state index in [0.29, 0.717) is 25.7 Å². The molecule has 1 atom stereocenters. The van der Waals surface area contributed by atoms with Crippen molar-refractivity contribution in [3.63, 3.8) is 0 Å². The van der Waals surface area contributed by atoms with Gasteiger partial charge in [0.05, 0.1) is 25.8 Å². The highest BCUT2D eigenvalue weighted by atomic mass is 19.1. The van der Waals surface area contributed by atoms with Crippen molar-refractivity contribution in [2.24, 2.45) is 10.7 Å². The van der Waals surface area contributed by atoms with Crippen molar-refractivity contribution in [1.82, 2.24) is 9.80 Å². The lowest BCUT2D eigenvalue weighted by molar-refractivity contribution is 0.0179. The van der Waals surface area contributed by atoms with E-state index >= 15 is 0 Å². The maximum atomic E-state index is 13.4. The number of nitrogens with two attached hydrogens (primary N) is 1. The molecule has 2 aromatic rings. The molecule has 2 saturated heterocycles. The van der Waals surface area contributed by atoms with E-state index < -0.39 is 0 Å². The van der Waals surface area contributed by atoms with Crippen molar-refractivity contribution in [3.8, 4) is 0 Å². The quantitative estimate of drug-likeness (QED) is 0.585. The standard InChI is InChI=1S/C23H29F2N5O/c24-19-3-1-18(2-4-19)22(29-13-15-31-16-14-29)17-27-23(26)30-11-9-28(10-12-30)21-7-5-20(25)6-8-21/h1-8,22H,9-17H2,(H2,26,27). The molecule has 166 valence electrons. The second-order valence-electron chi connectivity index (χ2n) is 7.87. The van der Waals surface area contributed by atoms with Gasteiger partial charge in [0.25, 0.3) is 0 Å². The van der Waals surface area contributed by atoms with Gasteiger partial charge in [-0.3, -0.25) is 9.89 Å². The summed E-state index contributed by atoms with van der Waals surface area (Å²) in [5.41, 5.74) is 8.38. The van der Waals surface area contributed by atoms with E-state index in [-0.39, 0.29) is 17.7 Å². The zero-order valence-electron chi connectivity index (χ0n) is 17.6. The summed E-state index contributed by atoms with van der Waals surface area (Å²) < 4.78 is 32.1. The van der Waals surface area contributed by atoms with Gasteiger partial charge in [-0.05, 0) is 42.0 Å². The Labute approximate surface area is 181 Å². The van der Waals surface area contributed by atoms with Crippen LogP contribution in [-0.2, 0) is 4.74 Å². The van der Waals surface area contributed by atoms with E-state index in [4.69, 9.17) is 15.5 Å². The average molecular weight is 430 g/mol. The molecule has 2 fully saturated rings. The molecule has 0 aliphatic carbocycles. The lowest BCUT2D eigenvalue weighted by Gasteiger charge is -2.37. The highest BCUT2D eigenvalue weighted by Crippen LogP contribution is 2.23. The monoisotopic (exact) mass is 429 g/mol. The minimum absolute atomic E-state index is 0.0311. The molecule has 0 bridgehead atoms. The van der Waals surface area contributed by atoms with Crippen LogP contribution in [0.3, 0.4) is 0 Å². The largest absolute Gasteiger partial charge is 0.379 e. The number of ether oxygens (including phenoxy) is 1. The molecule has 0 aromatic heterocycles. The molecule has 0 saturated carbocycles. The van der Waals surface area contributed by atoms with Crippen LogP contribution in [0.15, 0.2) is 53.5 Å². The number of rotatable bonds is 5. The molecule has 2 heterocycles. The Hall–Kier alpha value is -2.71. The Morgan fingerprint density at radius 2 is 1.45 bits per heavy atom. The summed E-state index contributed by atoms with van der Waals surface area (Å²) in [6.45, 7) is 6.61. The average Bonchev–Trinajstić information content (AvgIpc) is 2.81. The molecule has 1 unspecified atom stereocenters. The third-order valence-electron chi connectivity index (χ3n) is 5.96. The number of piperazine rings is 1. The maximum Gasteiger partial charge on any atom is 0.191 e. The summed E-state index contributed by atoms with van der Waals surface area (Å²) in [6, 6.07) is 13.2. The van der Waals surface area contributed by atoms with Crippen molar-refractivity contribution < 1.29 is 13.5 Å². The minimum atomic E-state index is -0.244. The number of hydrogen-bond donors (Lipinski definition) is 1. The molecule has 8 heteroatoms. The van der Waals surface area contributed by atoms with Crippen molar-refractivity contribution >= 4 is 11.6 Å². The van der Waals surface area contributed by atoms with Gasteiger partial charge >= 0.3 is 0 Å². The van der Waals surface area contributed by atoms with Crippen molar-refractivity contribution in [2.45, 2.75) is 6.04 Å². The number of morpholine rings is 1. The lowest BCUT2D eigenvalue weighted by Crippen LogP contribution is -2.51. The van der Waals surface area contributed by atoms with Gasteiger partial charge in [0.2, 0.25) is 0 Å². The van der Waals surface area contributed by atoms with E-state index in [2.05, 4.69) is 14.7 Å². The van der Waals surface area contributed by atoms with Crippen molar-refractivity contribution in [2.75, 3.05) is 63.9 Å². The molecule has 0 spiro atoms. The molecule has 2 aliphatic rings. The van der Waals surface area contributed by atoms with Crippen LogP contribution in [0.25, 0.3) is 0 Å². The fourth-order valence-corrected chi connectivity index (χ4v) is 4.13. The third kappa shape index (κ3) is 5.51. The van der Waals surface area contributed by atoms with Crippen LogP contribution in [0.2, 0.25) is 0 Å². The smallest absolute Gasteiger partial charge is 0.191 e. The van der Waals surface area contributed by atoms with Crippen LogP contribution in [0.5, 0.6) is 0 Å². The molecule has 2 N–H and O–H groups in total. The van der Waals surface area contributed by atoms with Gasteiger partial charge in [-0.2, -0.15) is 0 Å². The first kappa shape index (κ1) is 21.5. The summed E-state index contributed by atoms with van der Waals surface area (Å²) in [4.78, 5) is 11.3. The Kier molecular flexibility index (Phi) is 6.99. The fourth-order valence-electron chi connectivity index (χ4n) is 4.13. The van der Waals surface area contributed by atoms with Gasteiger partial charge < -0.3 is 20.3 Å². The summed E-state index contributed by atoms with van der Waals surface area (Å²) in [5, 5.41) is 0. The second kappa shape index (κ2) is 10.1. The molecule has 4 rings (SSSR count). The molecule has 2 aliphatic heterocycles. The van der Waals surface area contributed by atoms with Gasteiger partial charge in [0.15, 0.2) is 5.96 Å². The van der Waals surface area contributed by atoms with Crippen LogP contribution < -0.4 is 10.6 Å². The van der Waals surface area contributed by atoms with Gasteiger partial charge in [-0.1, -0.05) is 12.1 Å². The normalized spacial score (nSPS) is 19.5. The predicted molar refractivity (Wildman–Crippen MR) is 118 cm³/mol. The molecule has 0 radical (unpaired) electrons. The van der Waals surface area contributed by atoms with E-state index in [0.717, 1.165) is 50.5 Å². The summed E-state index contributed by atoms with van der Waals surface area (Å²) in [6.07, 6.45) is 0. The molecule has 0 amide bonds. The molecule has 6 nitrogen and oxygen atoms in total. The van der Waals surface area contributed by atoms with Gasteiger partial charge in [-0.15, -0.1) is 0 Å². The Morgan fingerprint density at radius 1 is 0.871 bits per heavy atom. The number of aliphatic imine (C=N–C) groups is 1. The van der Waals surface area contributed by atoms with Gasteiger partial charge in [0, 0.05) is 45.0 Å². The predicted octanol–water partition coefficient (Wildman–Crippen LogP) is 2.48. The molecular formula is C23H29F2N5O. The summed E-state index contributed by atoms with van der Waals surface area (Å²) in [7, 11) is 0. The third-order valence-corrected chi connectivity index (χ3v) is 5.96. The topological polar surface area (TPSA) is 57.3 Å². The first-order valence-electron chi connectivity index (χ1n) is 10.7. The van der Waals surface area contributed by atoms with E-state index in [1.54, 1.807) is 12.1 Å². The number of guanidine groups is 1. The Balaban J connectivity index is 1.39. The highest BCUT2D eigenvalue weighted by Gasteiger charge is 2.24. The minimum Gasteiger partial charge on any atom is -0.379 e. The van der Waals surface area contributed by atoms with Crippen molar-refractivity contribution in [1.29, 1.82) is 0 Å². The van der Waals surface area contributed by atoms with Crippen LogP contribution >= 0.6 is 0 Å². The number of benzene rings is 2. The maximum absolute atomic E-state index is 13.4. The zero-order valence-corrected chi connectivity index (χ0v) is 17.6. The fraction of sp³-hybridized carbons (Fsp3) is 0.435. The summed E-state index contributed by atoms with van der Waals surface area (Å²) >= 11 is 0. The number of hydrogen-bond acceptors (Lipinski definition) is 4.